The predicted molar refractivity (Wildman–Crippen MR) is 57.4 cm³/mol. The van der Waals surface area contributed by atoms with E-state index in [1.807, 2.05) is 0 Å². The smallest absolute Gasteiger partial charge is 0.237 e. The van der Waals surface area contributed by atoms with Gasteiger partial charge in [0, 0.05) is 19.3 Å². The van der Waals surface area contributed by atoms with Gasteiger partial charge in [-0.1, -0.05) is 12.8 Å². The summed E-state index contributed by atoms with van der Waals surface area (Å²) in [5.41, 5.74) is 5.03. The van der Waals surface area contributed by atoms with Crippen molar-refractivity contribution in [2.75, 3.05) is 13.2 Å². The first kappa shape index (κ1) is 10.9. The van der Waals surface area contributed by atoms with Gasteiger partial charge in [-0.3, -0.25) is 4.79 Å². The number of primary amides is 1. The molecule has 1 amide bonds. The van der Waals surface area contributed by atoms with Gasteiger partial charge in [-0.25, -0.2) is 0 Å². The summed E-state index contributed by atoms with van der Waals surface area (Å²) in [6.07, 6.45) is 6.33. The summed E-state index contributed by atoms with van der Waals surface area (Å²) in [6.45, 7) is 1.28. The molecule has 4 nitrogen and oxygen atoms in total. The van der Waals surface area contributed by atoms with Crippen LogP contribution in [0.3, 0.4) is 0 Å². The first-order valence-electron chi connectivity index (χ1n) is 5.88. The van der Waals surface area contributed by atoms with Crippen LogP contribution in [0.25, 0.3) is 0 Å². The van der Waals surface area contributed by atoms with Crippen molar-refractivity contribution in [1.29, 1.82) is 0 Å². The highest BCUT2D eigenvalue weighted by atomic mass is 16.5. The lowest BCUT2D eigenvalue weighted by Crippen LogP contribution is -2.60. The van der Waals surface area contributed by atoms with Crippen molar-refractivity contribution in [3.63, 3.8) is 0 Å². The lowest BCUT2D eigenvalue weighted by atomic mass is 9.88. The summed E-state index contributed by atoms with van der Waals surface area (Å²) in [6, 6.07) is 0.482. The molecule has 0 unspecified atom stereocenters. The van der Waals surface area contributed by atoms with E-state index >= 15 is 0 Å². The minimum absolute atomic E-state index is 0.210. The van der Waals surface area contributed by atoms with E-state index in [4.69, 9.17) is 10.5 Å². The van der Waals surface area contributed by atoms with E-state index in [1.165, 1.54) is 25.7 Å². The van der Waals surface area contributed by atoms with Crippen LogP contribution in [0.1, 0.15) is 38.5 Å². The van der Waals surface area contributed by atoms with Gasteiger partial charge >= 0.3 is 0 Å². The average Bonchev–Trinajstić information content (AvgIpc) is 2.71. The van der Waals surface area contributed by atoms with Crippen LogP contribution in [-0.2, 0) is 9.53 Å². The second-order valence-corrected chi connectivity index (χ2v) is 4.68. The minimum atomic E-state index is -0.493. The van der Waals surface area contributed by atoms with Gasteiger partial charge in [-0.05, 0) is 25.7 Å². The summed E-state index contributed by atoms with van der Waals surface area (Å²) in [4.78, 5) is 11.6. The van der Waals surface area contributed by atoms with Gasteiger partial charge in [-0.2, -0.15) is 0 Å². The topological polar surface area (TPSA) is 64.4 Å². The summed E-state index contributed by atoms with van der Waals surface area (Å²) < 4.78 is 5.29. The number of hydrogen-bond donors (Lipinski definition) is 2. The highest BCUT2D eigenvalue weighted by Gasteiger charge is 2.40. The van der Waals surface area contributed by atoms with Gasteiger partial charge in [0.15, 0.2) is 0 Å². The third-order valence-corrected chi connectivity index (χ3v) is 3.65. The number of hydrogen-bond acceptors (Lipinski definition) is 3. The first-order chi connectivity index (χ1) is 7.23. The zero-order valence-electron chi connectivity index (χ0n) is 9.13. The molecule has 2 aliphatic rings. The van der Waals surface area contributed by atoms with E-state index < -0.39 is 5.54 Å². The molecular weight excluding hydrogens is 192 g/mol. The van der Waals surface area contributed by atoms with Crippen LogP contribution in [0, 0.1) is 0 Å². The Morgan fingerprint density at radius 3 is 2.40 bits per heavy atom. The van der Waals surface area contributed by atoms with Crippen LogP contribution in [0.5, 0.6) is 0 Å². The van der Waals surface area contributed by atoms with E-state index in [-0.39, 0.29) is 5.91 Å². The summed E-state index contributed by atoms with van der Waals surface area (Å²) in [5.74, 6) is -0.210. The number of nitrogens with one attached hydrogen (secondary N) is 1. The van der Waals surface area contributed by atoms with Crippen molar-refractivity contribution >= 4 is 5.91 Å². The second-order valence-electron chi connectivity index (χ2n) is 4.68. The molecule has 0 aromatic rings. The fraction of sp³-hybridized carbons (Fsp3) is 0.909. The van der Waals surface area contributed by atoms with Crippen LogP contribution in [0.2, 0.25) is 0 Å². The SMILES string of the molecule is NC(=O)C1(NC2CCCC2)CCOCC1. The summed E-state index contributed by atoms with van der Waals surface area (Å²) >= 11 is 0. The van der Waals surface area contributed by atoms with Crippen LogP contribution < -0.4 is 11.1 Å². The number of ether oxygens (including phenoxy) is 1. The average molecular weight is 212 g/mol. The lowest BCUT2D eigenvalue weighted by Gasteiger charge is -2.37. The maximum Gasteiger partial charge on any atom is 0.237 e. The van der Waals surface area contributed by atoms with E-state index in [0.29, 0.717) is 19.3 Å². The second kappa shape index (κ2) is 4.49. The molecule has 0 radical (unpaired) electrons. The zero-order chi connectivity index (χ0) is 10.7. The fourth-order valence-electron chi connectivity index (χ4n) is 2.64. The molecule has 1 saturated heterocycles. The highest BCUT2D eigenvalue weighted by molar-refractivity contribution is 5.84. The molecule has 2 rings (SSSR count). The Balaban J connectivity index is 2.00. The number of nitrogens with two attached hydrogens (primary N) is 1. The third kappa shape index (κ3) is 2.32. The maximum absolute atomic E-state index is 11.6. The summed E-state index contributed by atoms with van der Waals surface area (Å²) in [5, 5.41) is 3.48. The summed E-state index contributed by atoms with van der Waals surface area (Å²) in [7, 11) is 0. The van der Waals surface area contributed by atoms with E-state index in [0.717, 1.165) is 12.8 Å². The molecule has 1 heterocycles. The van der Waals surface area contributed by atoms with Crippen LogP contribution in [-0.4, -0.2) is 30.7 Å². The van der Waals surface area contributed by atoms with Crippen molar-refractivity contribution < 1.29 is 9.53 Å². The van der Waals surface area contributed by atoms with Gasteiger partial charge in [0.25, 0.3) is 0 Å². The normalized spacial score (nSPS) is 26.7. The van der Waals surface area contributed by atoms with Gasteiger partial charge < -0.3 is 15.8 Å². The van der Waals surface area contributed by atoms with Crippen molar-refractivity contribution in [1.82, 2.24) is 5.32 Å². The molecule has 0 aromatic heterocycles. The monoisotopic (exact) mass is 212 g/mol. The maximum atomic E-state index is 11.6. The zero-order valence-corrected chi connectivity index (χ0v) is 9.13. The molecule has 1 saturated carbocycles. The van der Waals surface area contributed by atoms with E-state index in [9.17, 15) is 4.79 Å². The molecule has 1 aliphatic heterocycles. The van der Waals surface area contributed by atoms with Gasteiger partial charge in [0.1, 0.15) is 5.54 Å². The molecule has 86 valence electrons. The van der Waals surface area contributed by atoms with E-state index in [1.54, 1.807) is 0 Å². The molecule has 3 N–H and O–H groups in total. The molecule has 2 fully saturated rings. The van der Waals surface area contributed by atoms with Crippen LogP contribution in [0.15, 0.2) is 0 Å². The van der Waals surface area contributed by atoms with Crippen molar-refractivity contribution in [2.45, 2.75) is 50.1 Å². The Morgan fingerprint density at radius 2 is 1.87 bits per heavy atom. The molecule has 0 atom stereocenters. The third-order valence-electron chi connectivity index (χ3n) is 3.65. The number of amides is 1. The molecule has 0 bridgehead atoms. The van der Waals surface area contributed by atoms with Crippen molar-refractivity contribution in [2.24, 2.45) is 5.73 Å². The number of rotatable bonds is 3. The Labute approximate surface area is 90.5 Å². The number of carbonyl (C=O) groups is 1. The minimum Gasteiger partial charge on any atom is -0.381 e. The Morgan fingerprint density at radius 1 is 1.27 bits per heavy atom. The fourth-order valence-corrected chi connectivity index (χ4v) is 2.64. The quantitative estimate of drug-likeness (QED) is 0.718. The molecule has 0 aromatic carbocycles. The molecular formula is C11H20N2O2. The Kier molecular flexibility index (Phi) is 3.26. The van der Waals surface area contributed by atoms with Gasteiger partial charge in [0.2, 0.25) is 5.91 Å². The standard InChI is InChI=1S/C11H20N2O2/c12-10(14)11(5-7-15-8-6-11)13-9-3-1-2-4-9/h9,13H,1-8H2,(H2,12,14). The van der Waals surface area contributed by atoms with Crippen molar-refractivity contribution in [3.8, 4) is 0 Å². The first-order valence-corrected chi connectivity index (χ1v) is 5.88. The molecule has 4 heteroatoms. The van der Waals surface area contributed by atoms with Crippen LogP contribution in [0.4, 0.5) is 0 Å². The molecule has 1 aliphatic carbocycles. The molecule has 15 heavy (non-hydrogen) atoms. The lowest BCUT2D eigenvalue weighted by molar-refractivity contribution is -0.128. The van der Waals surface area contributed by atoms with Gasteiger partial charge in [0.05, 0.1) is 0 Å². The number of carbonyl (C=O) groups excluding carboxylic acids is 1. The van der Waals surface area contributed by atoms with E-state index in [2.05, 4.69) is 5.32 Å². The largest absolute Gasteiger partial charge is 0.381 e. The Hall–Kier alpha value is -0.610. The highest BCUT2D eigenvalue weighted by Crippen LogP contribution is 2.26. The predicted octanol–water partition coefficient (Wildman–Crippen LogP) is 0.553. The van der Waals surface area contributed by atoms with Gasteiger partial charge in [-0.15, -0.1) is 0 Å². The molecule has 0 spiro atoms. The Bertz CT molecular complexity index is 231. The van der Waals surface area contributed by atoms with Crippen LogP contribution >= 0.6 is 0 Å². The van der Waals surface area contributed by atoms with Crippen molar-refractivity contribution in [3.05, 3.63) is 0 Å².